The highest BCUT2D eigenvalue weighted by Crippen LogP contribution is 2.29. The molecule has 2 aromatic rings. The summed E-state index contributed by atoms with van der Waals surface area (Å²) in [6.07, 6.45) is 0. The summed E-state index contributed by atoms with van der Waals surface area (Å²) in [6.45, 7) is 0.821. The smallest absolute Gasteiger partial charge is 0.247 e. The fraction of sp³-hybridized carbons (Fsp3) is 0.333. The average molecular weight is 379 g/mol. The summed E-state index contributed by atoms with van der Waals surface area (Å²) in [6, 6.07) is 5.35. The number of nitrogens with one attached hydrogen (secondary N) is 1. The molecule has 0 spiro atoms. The molecule has 0 saturated heterocycles. The van der Waals surface area contributed by atoms with Gasteiger partial charge in [0.15, 0.2) is 4.67 Å². The number of thiophene rings is 1. The minimum atomic E-state index is -3.57. The van der Waals surface area contributed by atoms with E-state index in [1.165, 1.54) is 15.6 Å². The van der Waals surface area contributed by atoms with Crippen molar-refractivity contribution in [1.29, 1.82) is 0 Å². The van der Waals surface area contributed by atoms with Crippen molar-refractivity contribution in [3.05, 3.63) is 38.9 Å². The highest BCUT2D eigenvalue weighted by Gasteiger charge is 2.27. The van der Waals surface area contributed by atoms with E-state index < -0.39 is 10.0 Å². The Morgan fingerprint density at radius 2 is 2.25 bits per heavy atom. The van der Waals surface area contributed by atoms with Crippen LogP contribution in [0.15, 0.2) is 37.6 Å². The van der Waals surface area contributed by atoms with Crippen LogP contribution in [0.5, 0.6) is 0 Å². The minimum absolute atomic E-state index is 0.154. The molecule has 0 amide bonds. The molecule has 0 aromatic carbocycles. The molecule has 5 nitrogen and oxygen atoms in total. The van der Waals surface area contributed by atoms with E-state index in [-0.39, 0.29) is 9.56 Å². The first-order chi connectivity index (χ1) is 9.45. The largest absolute Gasteiger partial charge is 0.452 e. The van der Waals surface area contributed by atoms with Crippen molar-refractivity contribution in [3.63, 3.8) is 0 Å². The van der Waals surface area contributed by atoms with Crippen LogP contribution < -0.4 is 5.32 Å². The van der Waals surface area contributed by atoms with Crippen LogP contribution in [0, 0.1) is 0 Å². The van der Waals surface area contributed by atoms with Gasteiger partial charge >= 0.3 is 0 Å². The Balaban J connectivity index is 2.25. The zero-order valence-corrected chi connectivity index (χ0v) is 14.3. The lowest BCUT2D eigenvalue weighted by Crippen LogP contribution is -2.26. The highest BCUT2D eigenvalue weighted by atomic mass is 79.9. The molecule has 20 heavy (non-hydrogen) atoms. The third-order valence-corrected chi connectivity index (χ3v) is 6.23. The summed E-state index contributed by atoms with van der Waals surface area (Å²) in [5.41, 5.74) is 0. The van der Waals surface area contributed by atoms with Crippen molar-refractivity contribution in [1.82, 2.24) is 9.62 Å². The molecule has 0 radical (unpaired) electrons. The van der Waals surface area contributed by atoms with E-state index >= 15 is 0 Å². The van der Waals surface area contributed by atoms with Gasteiger partial charge in [0.25, 0.3) is 0 Å². The number of sulfonamides is 1. The van der Waals surface area contributed by atoms with Gasteiger partial charge < -0.3 is 9.73 Å². The number of hydrogen-bond acceptors (Lipinski definition) is 5. The van der Waals surface area contributed by atoms with Crippen molar-refractivity contribution in [2.45, 2.75) is 18.0 Å². The van der Waals surface area contributed by atoms with Crippen LogP contribution in [0.3, 0.4) is 0 Å². The van der Waals surface area contributed by atoms with E-state index in [1.54, 1.807) is 20.2 Å². The third kappa shape index (κ3) is 3.32. The zero-order chi connectivity index (χ0) is 14.8. The van der Waals surface area contributed by atoms with Crippen LogP contribution in [0.25, 0.3) is 0 Å². The molecule has 0 fully saturated rings. The second kappa shape index (κ2) is 6.40. The molecule has 0 aliphatic heterocycles. The average Bonchev–Trinajstić information content (AvgIpc) is 2.99. The summed E-state index contributed by atoms with van der Waals surface area (Å²) in [4.78, 5) is 1.15. The number of rotatable bonds is 6. The number of hydrogen-bond donors (Lipinski definition) is 1. The third-order valence-electron chi connectivity index (χ3n) is 2.70. The quantitative estimate of drug-likeness (QED) is 0.838. The van der Waals surface area contributed by atoms with Gasteiger partial charge in [-0.15, -0.1) is 11.3 Å². The van der Waals surface area contributed by atoms with E-state index in [9.17, 15) is 8.42 Å². The molecule has 0 aliphatic carbocycles. The number of halogens is 1. The summed E-state index contributed by atoms with van der Waals surface area (Å²) >= 11 is 4.70. The van der Waals surface area contributed by atoms with Crippen LogP contribution >= 0.6 is 27.3 Å². The molecule has 0 saturated carbocycles. The Morgan fingerprint density at radius 1 is 1.50 bits per heavy atom. The standard InChI is InChI=1S/C12H15BrN2O3S2/c1-14-7-9-6-11(12(13)18-9)20(16,17)15(2)8-10-4-3-5-19-10/h3-6,14H,7-8H2,1-2H3. The summed E-state index contributed by atoms with van der Waals surface area (Å²) < 4.78 is 32.0. The zero-order valence-electron chi connectivity index (χ0n) is 11.1. The maximum atomic E-state index is 12.5. The van der Waals surface area contributed by atoms with Gasteiger partial charge in [0, 0.05) is 24.5 Å². The molecular weight excluding hydrogens is 364 g/mol. The Kier molecular flexibility index (Phi) is 5.03. The van der Waals surface area contributed by atoms with Gasteiger partial charge in [0.2, 0.25) is 10.0 Å². The number of furan rings is 1. The molecule has 0 unspecified atom stereocenters. The van der Waals surface area contributed by atoms with E-state index in [2.05, 4.69) is 21.2 Å². The molecule has 2 aromatic heterocycles. The minimum Gasteiger partial charge on any atom is -0.452 e. The first-order valence-corrected chi connectivity index (χ1v) is 8.98. The lowest BCUT2D eigenvalue weighted by atomic mass is 10.4. The molecule has 0 atom stereocenters. The number of nitrogens with zero attached hydrogens (tertiary/aromatic N) is 1. The Bertz CT molecular complexity index is 665. The van der Waals surface area contributed by atoms with Crippen molar-refractivity contribution in [2.75, 3.05) is 14.1 Å². The molecule has 1 N–H and O–H groups in total. The van der Waals surface area contributed by atoms with Crippen molar-refractivity contribution in [2.24, 2.45) is 0 Å². The first-order valence-electron chi connectivity index (χ1n) is 5.86. The van der Waals surface area contributed by atoms with Crippen LogP contribution in [-0.2, 0) is 23.1 Å². The second-order valence-electron chi connectivity index (χ2n) is 4.22. The summed E-state index contributed by atoms with van der Waals surface area (Å²) in [7, 11) is -0.239. The van der Waals surface area contributed by atoms with Crippen LogP contribution in [0.4, 0.5) is 0 Å². The SMILES string of the molecule is CNCc1cc(S(=O)(=O)N(C)Cc2cccs2)c(Br)o1. The van der Waals surface area contributed by atoms with Crippen LogP contribution in [0.2, 0.25) is 0 Å². The van der Waals surface area contributed by atoms with Gasteiger partial charge in [-0.3, -0.25) is 0 Å². The Labute approximate surface area is 130 Å². The highest BCUT2D eigenvalue weighted by molar-refractivity contribution is 9.10. The molecule has 110 valence electrons. The van der Waals surface area contributed by atoms with Crippen LogP contribution in [-0.4, -0.2) is 26.8 Å². The van der Waals surface area contributed by atoms with E-state index in [1.807, 2.05) is 17.5 Å². The van der Waals surface area contributed by atoms with E-state index in [0.29, 0.717) is 18.8 Å². The Hall–Kier alpha value is -0.670. The van der Waals surface area contributed by atoms with E-state index in [4.69, 9.17) is 4.42 Å². The van der Waals surface area contributed by atoms with Crippen molar-refractivity contribution in [3.8, 4) is 0 Å². The van der Waals surface area contributed by atoms with Gasteiger partial charge in [-0.2, -0.15) is 4.31 Å². The molecule has 2 heterocycles. The van der Waals surface area contributed by atoms with Gasteiger partial charge in [-0.05, 0) is 34.4 Å². The maximum Gasteiger partial charge on any atom is 0.247 e. The van der Waals surface area contributed by atoms with Crippen molar-refractivity contribution >= 4 is 37.3 Å². The van der Waals surface area contributed by atoms with Gasteiger partial charge in [-0.1, -0.05) is 6.07 Å². The first kappa shape index (κ1) is 15.7. The lowest BCUT2D eigenvalue weighted by Gasteiger charge is -2.15. The monoisotopic (exact) mass is 378 g/mol. The molecule has 0 aliphatic rings. The summed E-state index contributed by atoms with van der Waals surface area (Å²) in [5.74, 6) is 0.572. The van der Waals surface area contributed by atoms with Crippen LogP contribution in [0.1, 0.15) is 10.6 Å². The maximum absolute atomic E-state index is 12.5. The summed E-state index contributed by atoms with van der Waals surface area (Å²) in [5, 5.41) is 4.85. The fourth-order valence-corrected chi connectivity index (χ4v) is 4.65. The lowest BCUT2D eigenvalue weighted by molar-refractivity contribution is 0.456. The molecule has 0 bridgehead atoms. The van der Waals surface area contributed by atoms with Gasteiger partial charge in [-0.25, -0.2) is 8.42 Å². The normalized spacial score (nSPS) is 12.2. The van der Waals surface area contributed by atoms with Gasteiger partial charge in [0.1, 0.15) is 10.7 Å². The molecule has 8 heteroatoms. The van der Waals surface area contributed by atoms with Crippen molar-refractivity contribution < 1.29 is 12.8 Å². The molecular formula is C12H15BrN2O3S2. The fourth-order valence-electron chi connectivity index (χ4n) is 1.71. The predicted molar refractivity (Wildman–Crippen MR) is 82.1 cm³/mol. The topological polar surface area (TPSA) is 62.6 Å². The Morgan fingerprint density at radius 3 is 2.85 bits per heavy atom. The van der Waals surface area contributed by atoms with E-state index in [0.717, 1.165) is 4.88 Å². The molecule has 2 rings (SSSR count). The van der Waals surface area contributed by atoms with Gasteiger partial charge in [0.05, 0.1) is 6.54 Å². The predicted octanol–water partition coefficient (Wildman–Crippen LogP) is 2.64. The second-order valence-corrected chi connectivity index (χ2v) is 7.99.